The molecule has 4 rings (SSSR count). The van der Waals surface area contributed by atoms with E-state index in [2.05, 4.69) is 10.9 Å². The Kier molecular flexibility index (Phi) is 7.93. The molecule has 3 aromatic carbocycles. The number of nitrogens with zero attached hydrogens (tertiary/aromatic N) is 4. The molecule has 0 amide bonds. The highest BCUT2D eigenvalue weighted by molar-refractivity contribution is 7.86. The maximum absolute atomic E-state index is 11.9. The summed E-state index contributed by atoms with van der Waals surface area (Å²) in [5.41, 5.74) is 2.92. The summed E-state index contributed by atoms with van der Waals surface area (Å²) in [6, 6.07) is 27.7. The van der Waals surface area contributed by atoms with Crippen LogP contribution in [0.3, 0.4) is 0 Å². The van der Waals surface area contributed by atoms with Gasteiger partial charge in [-0.1, -0.05) is 66.7 Å². The molecule has 0 bridgehead atoms. The minimum Gasteiger partial charge on any atom is -0.439 e. The van der Waals surface area contributed by atoms with Gasteiger partial charge in [0.2, 0.25) is 5.88 Å². The highest BCUT2D eigenvalue weighted by Crippen LogP contribution is 2.42. The molecule has 1 atom stereocenters. The molecular weight excluding hydrogens is 512 g/mol. The summed E-state index contributed by atoms with van der Waals surface area (Å²) in [4.78, 5) is 4.91. The van der Waals surface area contributed by atoms with Crippen molar-refractivity contribution in [1.29, 1.82) is 10.5 Å². The van der Waals surface area contributed by atoms with Gasteiger partial charge in [-0.15, -0.1) is 0 Å². The second-order valence-electron chi connectivity index (χ2n) is 8.60. The molecular formula is C30H22N4O4S. The van der Waals surface area contributed by atoms with E-state index in [0.29, 0.717) is 17.0 Å². The number of fused-ring (bicyclic) bond motifs is 1. The zero-order chi connectivity index (χ0) is 28.0. The second kappa shape index (κ2) is 11.5. The number of ether oxygens (including phenoxy) is 1. The lowest BCUT2D eigenvalue weighted by Crippen LogP contribution is -2.33. The maximum Gasteiger partial charge on any atom is 0.270 e. The van der Waals surface area contributed by atoms with E-state index >= 15 is 0 Å². The Morgan fingerprint density at radius 3 is 2.31 bits per heavy atom. The van der Waals surface area contributed by atoms with Crippen molar-refractivity contribution in [1.82, 2.24) is 0 Å². The van der Waals surface area contributed by atoms with E-state index in [9.17, 15) is 23.5 Å². The first-order valence-electron chi connectivity index (χ1n) is 11.8. The standard InChI is InChI=1S/C30H22N4O4S/c1-21(39(35,36)37)20-34-27-17-24(22-9-5-3-6-10-22)13-15-28(27)38-29(34)16-14-25(18-31)30(26(19-32)33-2)23-11-7-4-8-12-23/h3-17,21H,20H2,1H3,(H,35,36,37). The van der Waals surface area contributed by atoms with Crippen molar-refractivity contribution in [3.8, 4) is 29.0 Å². The van der Waals surface area contributed by atoms with Crippen LogP contribution >= 0.6 is 0 Å². The van der Waals surface area contributed by atoms with Crippen molar-refractivity contribution in [3.63, 3.8) is 0 Å². The highest BCUT2D eigenvalue weighted by atomic mass is 32.2. The Hall–Kier alpha value is -5.14. The Bertz CT molecular complexity index is 1710. The zero-order valence-corrected chi connectivity index (χ0v) is 21.6. The van der Waals surface area contributed by atoms with E-state index in [1.807, 2.05) is 48.5 Å². The molecule has 1 aliphatic heterocycles. The summed E-state index contributed by atoms with van der Waals surface area (Å²) >= 11 is 0. The van der Waals surface area contributed by atoms with E-state index in [0.717, 1.165) is 11.1 Å². The fourth-order valence-electron chi connectivity index (χ4n) is 4.07. The summed E-state index contributed by atoms with van der Waals surface area (Å²) in [7, 11) is -4.35. The molecule has 1 heterocycles. The Balaban J connectivity index is 1.82. The number of anilines is 1. The Morgan fingerprint density at radius 1 is 1.05 bits per heavy atom. The fourth-order valence-corrected chi connectivity index (χ4v) is 4.40. The largest absolute Gasteiger partial charge is 0.439 e. The van der Waals surface area contributed by atoms with Crippen molar-refractivity contribution >= 4 is 21.4 Å². The van der Waals surface area contributed by atoms with Gasteiger partial charge in [0, 0.05) is 18.2 Å². The van der Waals surface area contributed by atoms with Crippen LogP contribution in [0.15, 0.2) is 108 Å². The van der Waals surface area contributed by atoms with Crippen LogP contribution in [0.2, 0.25) is 0 Å². The first-order chi connectivity index (χ1) is 18.8. The summed E-state index contributed by atoms with van der Waals surface area (Å²) in [5.74, 6) is 0.681. The SMILES string of the molecule is [C-]#[N+]C(C#N)=C(C(C#N)=CC=C1Oc2ccc(-c3ccccc3)cc2N1CC(C)S(=O)(=O)O)c1ccccc1. The molecule has 0 radical (unpaired) electrons. The predicted octanol–water partition coefficient (Wildman–Crippen LogP) is 5.97. The average Bonchev–Trinajstić information content (AvgIpc) is 3.29. The molecule has 9 heteroatoms. The number of benzene rings is 3. The molecule has 8 nitrogen and oxygen atoms in total. The molecule has 1 unspecified atom stereocenters. The van der Waals surface area contributed by atoms with Crippen molar-refractivity contribution in [3.05, 3.63) is 125 Å². The molecule has 192 valence electrons. The van der Waals surface area contributed by atoms with E-state index < -0.39 is 15.4 Å². The summed E-state index contributed by atoms with van der Waals surface area (Å²) in [5, 5.41) is 18.4. The van der Waals surface area contributed by atoms with Crippen LogP contribution in [0.4, 0.5) is 5.69 Å². The lowest BCUT2D eigenvalue weighted by Gasteiger charge is -2.21. The van der Waals surface area contributed by atoms with Gasteiger partial charge >= 0.3 is 0 Å². The van der Waals surface area contributed by atoms with Crippen LogP contribution in [0.25, 0.3) is 21.5 Å². The van der Waals surface area contributed by atoms with Crippen LogP contribution < -0.4 is 9.64 Å². The van der Waals surface area contributed by atoms with Gasteiger partial charge in [-0.25, -0.2) is 10.1 Å². The number of hydrogen-bond donors (Lipinski definition) is 1. The van der Waals surface area contributed by atoms with Crippen molar-refractivity contribution in [2.75, 3.05) is 11.4 Å². The minimum absolute atomic E-state index is 0.0496. The van der Waals surface area contributed by atoms with Gasteiger partial charge < -0.3 is 9.64 Å². The van der Waals surface area contributed by atoms with Crippen molar-refractivity contribution in [2.45, 2.75) is 12.2 Å². The van der Waals surface area contributed by atoms with Gasteiger partial charge in [-0.2, -0.15) is 13.7 Å². The normalized spacial score (nSPS) is 15.3. The van der Waals surface area contributed by atoms with Crippen LogP contribution in [-0.2, 0) is 10.1 Å². The molecule has 3 aromatic rings. The van der Waals surface area contributed by atoms with E-state index in [4.69, 9.17) is 11.3 Å². The van der Waals surface area contributed by atoms with Gasteiger partial charge in [0.05, 0.1) is 30.0 Å². The minimum atomic E-state index is -4.35. The molecule has 0 saturated heterocycles. The molecule has 0 saturated carbocycles. The smallest absolute Gasteiger partial charge is 0.270 e. The lowest BCUT2D eigenvalue weighted by atomic mass is 9.96. The van der Waals surface area contributed by atoms with E-state index in [1.165, 1.54) is 19.1 Å². The Morgan fingerprint density at radius 2 is 1.72 bits per heavy atom. The fraction of sp³-hybridized carbons (Fsp3) is 0.100. The molecule has 0 fully saturated rings. The molecule has 0 spiro atoms. The Labute approximate surface area is 227 Å². The molecule has 0 aromatic heterocycles. The molecule has 1 N–H and O–H groups in total. The number of rotatable bonds is 7. The quantitative estimate of drug-likeness (QED) is 0.172. The second-order valence-corrected chi connectivity index (χ2v) is 10.4. The topological polar surface area (TPSA) is 119 Å². The monoisotopic (exact) mass is 534 g/mol. The van der Waals surface area contributed by atoms with Gasteiger partial charge in [0.15, 0.2) is 5.75 Å². The van der Waals surface area contributed by atoms with E-state index in [1.54, 1.807) is 41.3 Å². The van der Waals surface area contributed by atoms with Crippen LogP contribution in [0, 0.1) is 29.2 Å². The summed E-state index contributed by atoms with van der Waals surface area (Å²) < 4.78 is 39.4. The maximum atomic E-state index is 11.9. The van der Waals surface area contributed by atoms with Crippen LogP contribution in [0.5, 0.6) is 5.75 Å². The van der Waals surface area contributed by atoms with Gasteiger partial charge in [0.1, 0.15) is 5.25 Å². The van der Waals surface area contributed by atoms with Crippen molar-refractivity contribution < 1.29 is 17.7 Å². The third-order valence-corrected chi connectivity index (χ3v) is 7.25. The van der Waals surface area contributed by atoms with Gasteiger partial charge in [-0.05, 0) is 41.8 Å². The number of allylic oxidation sites excluding steroid dienone is 5. The van der Waals surface area contributed by atoms with Crippen LogP contribution in [0.1, 0.15) is 12.5 Å². The third kappa shape index (κ3) is 5.89. The molecule has 0 aliphatic carbocycles. The van der Waals surface area contributed by atoms with E-state index in [-0.39, 0.29) is 29.3 Å². The summed E-state index contributed by atoms with van der Waals surface area (Å²) in [6.07, 6.45) is 2.91. The summed E-state index contributed by atoms with van der Waals surface area (Å²) in [6.45, 7) is 8.69. The highest BCUT2D eigenvalue weighted by Gasteiger charge is 2.31. The first kappa shape index (κ1) is 26.9. The van der Waals surface area contributed by atoms with Gasteiger partial charge in [0.25, 0.3) is 15.8 Å². The zero-order valence-electron chi connectivity index (χ0n) is 20.8. The first-order valence-corrected chi connectivity index (χ1v) is 13.3. The lowest BCUT2D eigenvalue weighted by molar-refractivity contribution is 0.434. The third-order valence-electron chi connectivity index (χ3n) is 6.08. The van der Waals surface area contributed by atoms with Crippen LogP contribution in [-0.4, -0.2) is 24.8 Å². The number of hydrogen-bond acceptors (Lipinski definition) is 6. The van der Waals surface area contributed by atoms with Gasteiger partial charge in [-0.3, -0.25) is 4.55 Å². The molecule has 1 aliphatic rings. The van der Waals surface area contributed by atoms with Crippen molar-refractivity contribution in [2.24, 2.45) is 0 Å². The average molecular weight is 535 g/mol. The number of nitriles is 2. The predicted molar refractivity (Wildman–Crippen MR) is 148 cm³/mol. The molecule has 39 heavy (non-hydrogen) atoms.